The maximum Gasteiger partial charge on any atom is 0.149 e. The van der Waals surface area contributed by atoms with Crippen LogP contribution in [-0.2, 0) is 5.41 Å². The summed E-state index contributed by atoms with van der Waals surface area (Å²) in [5, 5.41) is 12.1. The molecule has 0 radical (unpaired) electrons. The SMILES string of the molecule is CC(C)(C)c1ccc(-n2c(-c3ccccc3O)nc3c(-c4cccc(-c5cccc6c(-c7ccccc7)ccnc56)c4)cccc32)cc1. The number of aromatic nitrogens is 3. The number of pyridine rings is 1. The van der Waals surface area contributed by atoms with E-state index in [0.717, 1.165) is 49.9 Å². The van der Waals surface area contributed by atoms with E-state index in [1.807, 2.05) is 30.5 Å². The lowest BCUT2D eigenvalue weighted by molar-refractivity contribution is 0.477. The summed E-state index contributed by atoms with van der Waals surface area (Å²) in [6, 6.07) is 50.0. The molecular formula is C44H35N3O. The first-order chi connectivity index (χ1) is 23.4. The second-order valence-electron chi connectivity index (χ2n) is 13.3. The van der Waals surface area contributed by atoms with Crippen molar-refractivity contribution in [2.75, 3.05) is 0 Å². The zero-order valence-corrected chi connectivity index (χ0v) is 27.2. The lowest BCUT2D eigenvalue weighted by Gasteiger charge is -2.19. The number of aromatic hydroxyl groups is 1. The fourth-order valence-corrected chi connectivity index (χ4v) is 6.68. The van der Waals surface area contributed by atoms with Crippen molar-refractivity contribution in [3.63, 3.8) is 0 Å². The Morgan fingerprint density at radius 3 is 1.90 bits per heavy atom. The lowest BCUT2D eigenvalue weighted by atomic mass is 9.87. The van der Waals surface area contributed by atoms with Crippen LogP contribution in [-0.4, -0.2) is 19.6 Å². The van der Waals surface area contributed by atoms with Crippen LogP contribution in [0, 0.1) is 0 Å². The zero-order chi connectivity index (χ0) is 32.8. The number of para-hydroxylation sites is 3. The topological polar surface area (TPSA) is 50.9 Å². The molecule has 0 aliphatic heterocycles. The van der Waals surface area contributed by atoms with Crippen molar-refractivity contribution in [2.24, 2.45) is 0 Å². The highest BCUT2D eigenvalue weighted by Crippen LogP contribution is 2.39. The number of phenolic OH excluding ortho intramolecular Hbond substituents is 1. The third-order valence-electron chi connectivity index (χ3n) is 9.16. The van der Waals surface area contributed by atoms with Crippen LogP contribution >= 0.6 is 0 Å². The van der Waals surface area contributed by atoms with E-state index in [9.17, 15) is 5.11 Å². The quantitative estimate of drug-likeness (QED) is 0.208. The highest BCUT2D eigenvalue weighted by Gasteiger charge is 2.21. The highest BCUT2D eigenvalue weighted by molar-refractivity contribution is 6.03. The average Bonchev–Trinajstić information content (AvgIpc) is 3.51. The molecule has 2 heterocycles. The number of benzene rings is 6. The van der Waals surface area contributed by atoms with Crippen LogP contribution < -0.4 is 0 Å². The molecule has 0 amide bonds. The van der Waals surface area contributed by atoms with Crippen LogP contribution in [0.5, 0.6) is 5.75 Å². The van der Waals surface area contributed by atoms with Gasteiger partial charge in [0.05, 0.1) is 22.1 Å². The molecule has 0 atom stereocenters. The van der Waals surface area contributed by atoms with E-state index >= 15 is 0 Å². The van der Waals surface area contributed by atoms with Crippen molar-refractivity contribution >= 4 is 21.9 Å². The smallest absolute Gasteiger partial charge is 0.149 e. The molecule has 48 heavy (non-hydrogen) atoms. The van der Waals surface area contributed by atoms with E-state index in [0.29, 0.717) is 11.4 Å². The van der Waals surface area contributed by atoms with Crippen molar-refractivity contribution in [1.82, 2.24) is 14.5 Å². The number of fused-ring (bicyclic) bond motifs is 2. The van der Waals surface area contributed by atoms with E-state index in [2.05, 4.69) is 141 Å². The summed E-state index contributed by atoms with van der Waals surface area (Å²) in [6.07, 6.45) is 1.90. The van der Waals surface area contributed by atoms with Gasteiger partial charge in [0.25, 0.3) is 0 Å². The Morgan fingerprint density at radius 2 is 1.17 bits per heavy atom. The van der Waals surface area contributed by atoms with Gasteiger partial charge in [0, 0.05) is 28.4 Å². The second-order valence-corrected chi connectivity index (χ2v) is 13.3. The Bertz CT molecular complexity index is 2430. The van der Waals surface area contributed by atoms with Crippen LogP contribution in [0.1, 0.15) is 26.3 Å². The zero-order valence-electron chi connectivity index (χ0n) is 27.2. The number of phenols is 1. The molecule has 0 saturated heterocycles. The fraction of sp³-hybridized carbons (Fsp3) is 0.0909. The summed E-state index contributed by atoms with van der Waals surface area (Å²) >= 11 is 0. The minimum Gasteiger partial charge on any atom is -0.507 e. The fourth-order valence-electron chi connectivity index (χ4n) is 6.68. The third-order valence-corrected chi connectivity index (χ3v) is 9.16. The molecule has 0 fully saturated rings. The van der Waals surface area contributed by atoms with Crippen LogP contribution in [0.15, 0.2) is 152 Å². The summed E-state index contributed by atoms with van der Waals surface area (Å²) in [6.45, 7) is 6.66. The normalized spacial score (nSPS) is 11.7. The van der Waals surface area contributed by atoms with Crippen molar-refractivity contribution < 1.29 is 5.11 Å². The standard InChI is InChI=1S/C44H35N3O/c1-44(2,3)32-22-24-33(25-23-32)47-39-20-11-18-36(42(39)46-43(47)38-16-7-8-21-40(38)48)31-15-9-14-30(28-31)35-17-10-19-37-34(26-27-45-41(35)37)29-12-5-4-6-13-29/h4-28,48H,1-3H3. The van der Waals surface area contributed by atoms with Gasteiger partial charge in [-0.15, -0.1) is 0 Å². The third kappa shape index (κ3) is 5.12. The molecule has 8 rings (SSSR count). The molecular weight excluding hydrogens is 587 g/mol. The molecule has 4 nitrogen and oxygen atoms in total. The summed E-state index contributed by atoms with van der Waals surface area (Å²) in [7, 11) is 0. The van der Waals surface area contributed by atoms with Crippen LogP contribution in [0.25, 0.3) is 72.4 Å². The van der Waals surface area contributed by atoms with Gasteiger partial charge in [0.2, 0.25) is 0 Å². The van der Waals surface area contributed by atoms with E-state index in [1.54, 1.807) is 6.07 Å². The van der Waals surface area contributed by atoms with Crippen LogP contribution in [0.3, 0.4) is 0 Å². The Balaban J connectivity index is 1.30. The number of nitrogens with zero attached hydrogens (tertiary/aromatic N) is 3. The van der Waals surface area contributed by atoms with Crippen molar-refractivity contribution in [3.8, 4) is 56.2 Å². The van der Waals surface area contributed by atoms with Crippen LogP contribution in [0.4, 0.5) is 0 Å². The van der Waals surface area contributed by atoms with Gasteiger partial charge in [-0.05, 0) is 75.7 Å². The van der Waals surface area contributed by atoms with E-state index < -0.39 is 0 Å². The average molecular weight is 622 g/mol. The number of imidazole rings is 1. The molecule has 0 aliphatic rings. The maximum absolute atomic E-state index is 11.0. The highest BCUT2D eigenvalue weighted by atomic mass is 16.3. The first kappa shape index (κ1) is 29.4. The minimum atomic E-state index is 0.0387. The first-order valence-electron chi connectivity index (χ1n) is 16.3. The first-order valence-corrected chi connectivity index (χ1v) is 16.3. The molecule has 0 unspecified atom stereocenters. The van der Waals surface area contributed by atoms with Crippen LogP contribution in [0.2, 0.25) is 0 Å². The van der Waals surface area contributed by atoms with Crippen molar-refractivity contribution in [1.29, 1.82) is 0 Å². The number of hydrogen-bond acceptors (Lipinski definition) is 3. The van der Waals surface area contributed by atoms with Gasteiger partial charge in [0.1, 0.15) is 11.6 Å². The Kier molecular flexibility index (Phi) is 7.14. The molecule has 1 N–H and O–H groups in total. The van der Waals surface area contributed by atoms with Gasteiger partial charge in [-0.1, -0.05) is 124 Å². The summed E-state index contributed by atoms with van der Waals surface area (Å²) < 4.78 is 2.16. The lowest BCUT2D eigenvalue weighted by Crippen LogP contribution is -2.11. The van der Waals surface area contributed by atoms with Gasteiger partial charge in [-0.25, -0.2) is 4.98 Å². The molecule has 8 aromatic rings. The second kappa shape index (κ2) is 11.7. The van der Waals surface area contributed by atoms with Crippen molar-refractivity contribution in [3.05, 3.63) is 157 Å². The Labute approximate surface area is 280 Å². The minimum absolute atomic E-state index is 0.0387. The van der Waals surface area contributed by atoms with E-state index in [-0.39, 0.29) is 11.2 Å². The number of hydrogen-bond donors (Lipinski definition) is 1. The van der Waals surface area contributed by atoms with Gasteiger partial charge in [-0.2, -0.15) is 0 Å². The molecule has 2 aromatic heterocycles. The molecule has 4 heteroatoms. The molecule has 0 bridgehead atoms. The largest absolute Gasteiger partial charge is 0.507 e. The molecule has 0 saturated carbocycles. The van der Waals surface area contributed by atoms with Gasteiger partial charge in [-0.3, -0.25) is 9.55 Å². The molecule has 0 aliphatic carbocycles. The van der Waals surface area contributed by atoms with E-state index in [4.69, 9.17) is 9.97 Å². The summed E-state index contributed by atoms with van der Waals surface area (Å²) in [4.78, 5) is 10.1. The van der Waals surface area contributed by atoms with Gasteiger partial charge >= 0.3 is 0 Å². The summed E-state index contributed by atoms with van der Waals surface area (Å²) in [5.74, 6) is 0.893. The van der Waals surface area contributed by atoms with Gasteiger partial charge in [0.15, 0.2) is 0 Å². The number of rotatable bonds is 5. The maximum atomic E-state index is 11.0. The van der Waals surface area contributed by atoms with E-state index in [1.165, 1.54) is 16.7 Å². The molecule has 0 spiro atoms. The predicted molar refractivity (Wildman–Crippen MR) is 198 cm³/mol. The monoisotopic (exact) mass is 621 g/mol. The summed E-state index contributed by atoms with van der Waals surface area (Å²) in [5.41, 5.74) is 12.4. The van der Waals surface area contributed by atoms with Gasteiger partial charge < -0.3 is 5.11 Å². The Hall–Kier alpha value is -6.00. The van der Waals surface area contributed by atoms with Crippen molar-refractivity contribution in [2.45, 2.75) is 26.2 Å². The molecule has 6 aromatic carbocycles. The molecule has 232 valence electrons. The Morgan fingerprint density at radius 1 is 0.542 bits per heavy atom. The predicted octanol–water partition coefficient (Wildman–Crippen LogP) is 11.2.